The summed E-state index contributed by atoms with van der Waals surface area (Å²) in [5.41, 5.74) is 7.30. The Morgan fingerprint density at radius 3 is 2.61 bits per heavy atom. The zero-order chi connectivity index (χ0) is 27.6. The molecule has 0 spiro atoms. The molecule has 13 heteroatoms. The van der Waals surface area contributed by atoms with Crippen LogP contribution >= 0.6 is 22.9 Å². The molecule has 1 aromatic heterocycles. The molecule has 1 aromatic carbocycles. The summed E-state index contributed by atoms with van der Waals surface area (Å²) in [7, 11) is 5.40. The van der Waals surface area contributed by atoms with Crippen molar-refractivity contribution in [1.82, 2.24) is 25.4 Å². The van der Waals surface area contributed by atoms with Crippen molar-refractivity contribution in [3.8, 4) is 0 Å². The minimum Gasteiger partial charge on any atom is -0.397 e. The Morgan fingerprint density at radius 1 is 1.13 bits per heavy atom. The van der Waals surface area contributed by atoms with Gasteiger partial charge >= 0.3 is 11.8 Å². The number of hydrogen-bond donors (Lipinski definition) is 4. The van der Waals surface area contributed by atoms with Gasteiger partial charge in [-0.05, 0) is 44.5 Å². The molecule has 1 aliphatic carbocycles. The van der Waals surface area contributed by atoms with E-state index < -0.39 is 23.9 Å². The zero-order valence-electron chi connectivity index (χ0n) is 21.5. The summed E-state index contributed by atoms with van der Waals surface area (Å²) in [6, 6.07) is 3.42. The number of nitrogen functional groups attached to an aromatic ring is 1. The molecule has 0 unspecified atom stereocenters. The second kappa shape index (κ2) is 11.7. The summed E-state index contributed by atoms with van der Waals surface area (Å²) in [6.45, 7) is 1.63. The van der Waals surface area contributed by atoms with Gasteiger partial charge in [-0.25, -0.2) is 4.98 Å². The first-order chi connectivity index (χ1) is 18.0. The Kier molecular flexibility index (Phi) is 8.54. The molecule has 11 nitrogen and oxygen atoms in total. The molecule has 4 rings (SSSR count). The van der Waals surface area contributed by atoms with Crippen LogP contribution in [0.25, 0.3) is 0 Å². The Morgan fingerprint density at radius 2 is 1.89 bits per heavy atom. The van der Waals surface area contributed by atoms with Crippen LogP contribution in [0, 0.1) is 5.92 Å². The van der Waals surface area contributed by atoms with Gasteiger partial charge in [0.1, 0.15) is 0 Å². The Bertz CT molecular complexity index is 1250. The van der Waals surface area contributed by atoms with Crippen molar-refractivity contribution >= 4 is 57.9 Å². The second-order valence-corrected chi connectivity index (χ2v) is 11.5. The van der Waals surface area contributed by atoms with Gasteiger partial charge in [0.25, 0.3) is 5.91 Å². The lowest BCUT2D eigenvalue weighted by Crippen LogP contribution is -2.57. The van der Waals surface area contributed by atoms with E-state index in [0.717, 1.165) is 30.1 Å². The number of nitrogens with two attached hydrogens (primary N) is 1. The number of amides is 4. The lowest BCUT2D eigenvalue weighted by Gasteiger charge is -2.37. The van der Waals surface area contributed by atoms with E-state index in [2.05, 4.69) is 25.8 Å². The third kappa shape index (κ3) is 6.43. The van der Waals surface area contributed by atoms with E-state index in [-0.39, 0.29) is 29.1 Å². The highest BCUT2D eigenvalue weighted by atomic mass is 35.5. The summed E-state index contributed by atoms with van der Waals surface area (Å²) in [5, 5.41) is 8.97. The van der Waals surface area contributed by atoms with E-state index >= 15 is 0 Å². The number of hydrogen-bond acceptors (Lipinski definition) is 8. The first-order valence-electron chi connectivity index (χ1n) is 12.4. The van der Waals surface area contributed by atoms with Crippen molar-refractivity contribution in [3.63, 3.8) is 0 Å². The van der Waals surface area contributed by atoms with Crippen molar-refractivity contribution in [2.24, 2.45) is 5.92 Å². The minimum absolute atomic E-state index is 0.0438. The molecule has 2 aliphatic rings. The van der Waals surface area contributed by atoms with Crippen molar-refractivity contribution in [2.45, 2.75) is 44.3 Å². The predicted octanol–water partition coefficient (Wildman–Crippen LogP) is 1.48. The maximum Gasteiger partial charge on any atom is 0.313 e. The zero-order valence-corrected chi connectivity index (χ0v) is 23.1. The van der Waals surface area contributed by atoms with Crippen LogP contribution in [-0.2, 0) is 27.3 Å². The van der Waals surface area contributed by atoms with Gasteiger partial charge in [-0.2, -0.15) is 0 Å². The van der Waals surface area contributed by atoms with E-state index in [4.69, 9.17) is 17.3 Å². The molecular formula is C25H32ClN7O4S. The SMILES string of the molecule is CN1CCc2nc(C(=O)N[C@@H]3C[C@@H](C(=O)N(C)C)CC[C@@H]3NC(=O)C(=O)Nc3ccc(Cl)cc3N)sc2C1. The maximum atomic E-state index is 13.2. The Balaban J connectivity index is 1.46. The third-order valence-corrected chi connectivity index (χ3v) is 8.17. The molecule has 4 amide bonds. The minimum atomic E-state index is -0.896. The molecule has 3 atom stereocenters. The summed E-state index contributed by atoms with van der Waals surface area (Å²) in [4.78, 5) is 60.6. The topological polar surface area (TPSA) is 150 Å². The molecule has 38 heavy (non-hydrogen) atoms. The highest BCUT2D eigenvalue weighted by Crippen LogP contribution is 2.29. The Hall–Kier alpha value is -3.22. The number of thiazole rings is 1. The van der Waals surface area contributed by atoms with E-state index in [0.29, 0.717) is 29.3 Å². The molecular weight excluding hydrogens is 530 g/mol. The van der Waals surface area contributed by atoms with Crippen molar-refractivity contribution in [1.29, 1.82) is 0 Å². The number of halogens is 1. The van der Waals surface area contributed by atoms with Crippen LogP contribution < -0.4 is 21.7 Å². The Labute approximate surface area is 230 Å². The van der Waals surface area contributed by atoms with E-state index in [1.54, 1.807) is 20.2 Å². The average molecular weight is 562 g/mol. The summed E-state index contributed by atoms with van der Waals surface area (Å²) < 4.78 is 0. The molecule has 204 valence electrons. The van der Waals surface area contributed by atoms with Gasteiger partial charge in [0.15, 0.2) is 5.01 Å². The van der Waals surface area contributed by atoms with Gasteiger partial charge in [-0.1, -0.05) is 11.6 Å². The highest BCUT2D eigenvalue weighted by Gasteiger charge is 2.37. The van der Waals surface area contributed by atoms with Crippen molar-refractivity contribution in [3.05, 3.63) is 38.8 Å². The number of carbonyl (C=O) groups excluding carboxylic acids is 4. The number of anilines is 2. The first kappa shape index (κ1) is 27.8. The smallest absolute Gasteiger partial charge is 0.313 e. The van der Waals surface area contributed by atoms with Crippen LogP contribution in [0.5, 0.6) is 0 Å². The van der Waals surface area contributed by atoms with Crippen LogP contribution in [0.15, 0.2) is 18.2 Å². The first-order valence-corrected chi connectivity index (χ1v) is 13.6. The van der Waals surface area contributed by atoms with Crippen LogP contribution in [0.4, 0.5) is 11.4 Å². The van der Waals surface area contributed by atoms with Crippen molar-refractivity contribution in [2.75, 3.05) is 38.7 Å². The average Bonchev–Trinajstić information content (AvgIpc) is 3.29. The van der Waals surface area contributed by atoms with Gasteiger partial charge in [0, 0.05) is 55.5 Å². The quantitative estimate of drug-likeness (QED) is 0.319. The van der Waals surface area contributed by atoms with Crippen LogP contribution in [-0.4, -0.2) is 78.2 Å². The fourth-order valence-electron chi connectivity index (χ4n) is 4.80. The number of nitrogens with zero attached hydrogens (tertiary/aromatic N) is 3. The van der Waals surface area contributed by atoms with E-state index in [1.165, 1.54) is 28.4 Å². The molecule has 5 N–H and O–H groups in total. The number of carbonyl (C=O) groups is 4. The maximum absolute atomic E-state index is 13.2. The number of likely N-dealkylation sites (N-methyl/N-ethyl adjacent to an activating group) is 1. The monoisotopic (exact) mass is 561 g/mol. The van der Waals surface area contributed by atoms with Gasteiger partial charge < -0.3 is 31.5 Å². The van der Waals surface area contributed by atoms with Crippen LogP contribution in [0.2, 0.25) is 5.02 Å². The number of rotatable bonds is 5. The highest BCUT2D eigenvalue weighted by molar-refractivity contribution is 7.13. The lowest BCUT2D eigenvalue weighted by molar-refractivity contribution is -0.137. The normalized spacial score (nSPS) is 21.2. The molecule has 0 radical (unpaired) electrons. The van der Waals surface area contributed by atoms with Gasteiger partial charge in [-0.15, -0.1) is 11.3 Å². The number of nitrogens with one attached hydrogen (secondary N) is 3. The molecule has 0 saturated heterocycles. The fraction of sp³-hybridized carbons (Fsp3) is 0.480. The molecule has 2 aromatic rings. The molecule has 1 fully saturated rings. The molecule has 1 aliphatic heterocycles. The van der Waals surface area contributed by atoms with Crippen molar-refractivity contribution < 1.29 is 19.2 Å². The standard InChI is InChI=1S/C25H32ClN7O4S/c1-32(2)25(37)13-4-6-17(29-22(35)21(34)28-16-7-5-14(26)11-15(16)27)19(10-13)30-23(36)24-31-18-8-9-33(3)12-20(18)38-24/h5,7,11,13,17,19H,4,6,8-10,12,27H2,1-3H3,(H,28,34)(H,29,35)(H,30,36)/t13-,17-,19+/m0/s1. The van der Waals surface area contributed by atoms with Crippen LogP contribution in [0.3, 0.4) is 0 Å². The second-order valence-electron chi connectivity index (χ2n) is 9.96. The summed E-state index contributed by atoms with van der Waals surface area (Å²) in [5.74, 6) is -2.48. The van der Waals surface area contributed by atoms with Crippen LogP contribution in [0.1, 0.15) is 39.6 Å². The molecule has 1 saturated carbocycles. The van der Waals surface area contributed by atoms with Gasteiger partial charge in [0.2, 0.25) is 5.91 Å². The fourth-order valence-corrected chi connectivity index (χ4v) is 6.07. The van der Waals surface area contributed by atoms with E-state index in [1.807, 2.05) is 7.05 Å². The predicted molar refractivity (Wildman–Crippen MR) is 146 cm³/mol. The summed E-state index contributed by atoms with van der Waals surface area (Å²) >= 11 is 7.26. The van der Waals surface area contributed by atoms with Gasteiger partial charge in [0.05, 0.1) is 23.1 Å². The summed E-state index contributed by atoms with van der Waals surface area (Å²) in [6.07, 6.45) is 2.03. The number of aromatic nitrogens is 1. The lowest BCUT2D eigenvalue weighted by atomic mass is 9.81. The number of benzene rings is 1. The number of fused-ring (bicyclic) bond motifs is 1. The third-order valence-electron chi connectivity index (χ3n) is 6.86. The van der Waals surface area contributed by atoms with Gasteiger partial charge in [-0.3, -0.25) is 19.2 Å². The van der Waals surface area contributed by atoms with E-state index in [9.17, 15) is 19.2 Å². The molecule has 2 heterocycles. The molecule has 0 bridgehead atoms. The largest absolute Gasteiger partial charge is 0.397 e.